The van der Waals surface area contributed by atoms with E-state index < -0.39 is 0 Å². The number of nitrogens with two attached hydrogens (primary N) is 2. The summed E-state index contributed by atoms with van der Waals surface area (Å²) in [5.74, 6) is 0.294. The van der Waals surface area contributed by atoms with E-state index in [0.29, 0.717) is 23.1 Å². The van der Waals surface area contributed by atoms with E-state index in [0.717, 1.165) is 48.1 Å². The van der Waals surface area contributed by atoms with E-state index >= 15 is 0 Å². The molecule has 0 bridgehead atoms. The molecular weight excluding hydrogens is 398 g/mol. The van der Waals surface area contributed by atoms with Crippen molar-refractivity contribution < 1.29 is 9.84 Å². The molecule has 0 radical (unpaired) electrons. The topological polar surface area (TPSA) is 111 Å². The first kappa shape index (κ1) is 19.7. The van der Waals surface area contributed by atoms with Gasteiger partial charge in [0.25, 0.3) is 0 Å². The highest BCUT2D eigenvalue weighted by atomic mass is 35.5. The van der Waals surface area contributed by atoms with Gasteiger partial charge in [-0.3, -0.25) is 0 Å². The number of piperidine rings is 1. The Kier molecular flexibility index (Phi) is 5.66. The molecule has 1 atom stereocenters. The molecule has 4 rings (SSSR count). The fourth-order valence-corrected chi connectivity index (χ4v) is 5.02. The van der Waals surface area contributed by atoms with Gasteiger partial charge in [0, 0.05) is 35.6 Å². The molecule has 2 aromatic rings. The summed E-state index contributed by atoms with van der Waals surface area (Å²) in [4.78, 5) is 11.7. The number of nitrogen functional groups attached to an aromatic ring is 1. The number of halogens is 1. The minimum Gasteiger partial charge on any atom is -0.390 e. The zero-order chi connectivity index (χ0) is 19.7. The van der Waals surface area contributed by atoms with Crippen molar-refractivity contribution in [1.29, 1.82) is 0 Å². The van der Waals surface area contributed by atoms with Crippen LogP contribution in [-0.2, 0) is 11.3 Å². The summed E-state index contributed by atoms with van der Waals surface area (Å²) < 4.78 is 5.60. The van der Waals surface area contributed by atoms with Crippen molar-refractivity contribution in [2.45, 2.75) is 35.4 Å². The second kappa shape index (κ2) is 8.04. The van der Waals surface area contributed by atoms with Crippen molar-refractivity contribution in [2.75, 3.05) is 36.9 Å². The van der Waals surface area contributed by atoms with E-state index in [4.69, 9.17) is 27.8 Å². The number of aromatic nitrogens is 2. The average Bonchev–Trinajstić information content (AvgIpc) is 3.06. The number of aliphatic hydroxyl groups excluding tert-OH is 1. The fourth-order valence-electron chi connectivity index (χ4n) is 3.95. The third kappa shape index (κ3) is 3.67. The molecule has 0 aliphatic carbocycles. The molecule has 2 aliphatic rings. The molecular formula is C19H24ClN5O2S. The second-order valence-corrected chi connectivity index (χ2v) is 8.80. The van der Waals surface area contributed by atoms with Gasteiger partial charge < -0.3 is 26.2 Å². The number of ether oxygens (including phenoxy) is 1. The van der Waals surface area contributed by atoms with Gasteiger partial charge in [0.15, 0.2) is 0 Å². The van der Waals surface area contributed by atoms with E-state index in [1.165, 1.54) is 11.8 Å². The van der Waals surface area contributed by atoms with E-state index in [-0.39, 0.29) is 18.1 Å². The Bertz CT molecular complexity index is 860. The van der Waals surface area contributed by atoms with E-state index in [1.807, 2.05) is 12.1 Å². The molecule has 0 amide bonds. The van der Waals surface area contributed by atoms with Crippen molar-refractivity contribution in [3.05, 3.63) is 35.1 Å². The minimum absolute atomic E-state index is 0.0944. The van der Waals surface area contributed by atoms with Crippen LogP contribution in [0.25, 0.3) is 0 Å². The van der Waals surface area contributed by atoms with Gasteiger partial charge in [-0.25, -0.2) is 9.97 Å². The largest absolute Gasteiger partial charge is 0.390 e. The Morgan fingerprint density at radius 2 is 2.11 bits per heavy atom. The second-order valence-electron chi connectivity index (χ2n) is 7.35. The third-order valence-corrected chi connectivity index (χ3v) is 7.25. The van der Waals surface area contributed by atoms with Crippen LogP contribution in [0.2, 0.25) is 5.02 Å². The van der Waals surface area contributed by atoms with Crippen LogP contribution >= 0.6 is 23.4 Å². The van der Waals surface area contributed by atoms with Crippen LogP contribution in [0.15, 0.2) is 34.3 Å². The van der Waals surface area contributed by atoms with Crippen LogP contribution in [0.1, 0.15) is 18.5 Å². The number of aliphatic hydroxyl groups is 1. The lowest BCUT2D eigenvalue weighted by atomic mass is 9.75. The Labute approximate surface area is 173 Å². The Morgan fingerprint density at radius 3 is 2.79 bits per heavy atom. The number of hydrogen-bond acceptors (Lipinski definition) is 8. The van der Waals surface area contributed by atoms with Crippen molar-refractivity contribution in [3.8, 4) is 0 Å². The zero-order valence-electron chi connectivity index (χ0n) is 15.5. The molecule has 150 valence electrons. The summed E-state index contributed by atoms with van der Waals surface area (Å²) in [5, 5.41) is 11.1. The minimum atomic E-state index is -0.125. The lowest BCUT2D eigenvalue weighted by molar-refractivity contribution is 0.131. The van der Waals surface area contributed by atoms with Crippen molar-refractivity contribution >= 4 is 34.9 Å². The van der Waals surface area contributed by atoms with Crippen LogP contribution in [0.3, 0.4) is 0 Å². The maximum atomic E-state index is 9.89. The summed E-state index contributed by atoms with van der Waals surface area (Å²) in [6.07, 6.45) is 3.59. The molecule has 7 nitrogen and oxygen atoms in total. The molecule has 2 aliphatic heterocycles. The summed E-state index contributed by atoms with van der Waals surface area (Å²) in [6.45, 7) is 3.03. The number of rotatable bonds is 4. The van der Waals surface area contributed by atoms with Crippen LogP contribution in [-0.4, -0.2) is 47.4 Å². The Morgan fingerprint density at radius 1 is 1.32 bits per heavy atom. The summed E-state index contributed by atoms with van der Waals surface area (Å²) in [7, 11) is 0. The van der Waals surface area contributed by atoms with Crippen molar-refractivity contribution in [2.24, 2.45) is 11.1 Å². The quantitative estimate of drug-likeness (QED) is 0.689. The number of anilines is 2. The number of nitrogens with zero attached hydrogens (tertiary/aromatic N) is 3. The highest BCUT2D eigenvalue weighted by Gasteiger charge is 2.44. The van der Waals surface area contributed by atoms with Gasteiger partial charge in [0.2, 0.25) is 0 Å². The maximum absolute atomic E-state index is 9.89. The van der Waals surface area contributed by atoms with E-state index in [1.54, 1.807) is 12.3 Å². The Balaban J connectivity index is 1.51. The molecule has 2 aromatic heterocycles. The van der Waals surface area contributed by atoms with Crippen LogP contribution in [0.5, 0.6) is 0 Å². The average molecular weight is 422 g/mol. The first-order valence-corrected chi connectivity index (χ1v) is 10.5. The monoisotopic (exact) mass is 421 g/mol. The molecule has 0 aromatic carbocycles. The van der Waals surface area contributed by atoms with Gasteiger partial charge in [-0.2, -0.15) is 0 Å². The predicted octanol–water partition coefficient (Wildman–Crippen LogP) is 2.30. The predicted molar refractivity (Wildman–Crippen MR) is 111 cm³/mol. The van der Waals surface area contributed by atoms with Gasteiger partial charge in [-0.1, -0.05) is 23.4 Å². The lowest BCUT2D eigenvalue weighted by Crippen LogP contribution is -2.49. The summed E-state index contributed by atoms with van der Waals surface area (Å²) in [6, 6.07) is 5.87. The standard InChI is InChI=1S/C19H24ClN5O2S/c20-17-14(3-6-23-18(17)22)28-16-2-1-13(12(9-26)24-16)25-7-4-19(5-8-25)11-27-10-15(19)21/h1-3,6,15,26H,4-5,7-11,21H2,(H2,22,23)/t15-/m1/s1. The highest BCUT2D eigenvalue weighted by molar-refractivity contribution is 7.99. The SMILES string of the molecule is Nc1nccc(Sc2ccc(N3CCC4(CC3)COC[C@H]4N)c(CO)n2)c1Cl. The normalized spacial score (nSPS) is 21.4. The molecule has 0 unspecified atom stereocenters. The summed E-state index contributed by atoms with van der Waals surface area (Å²) >= 11 is 7.63. The van der Waals surface area contributed by atoms with Gasteiger partial charge in [0.05, 0.1) is 36.2 Å². The van der Waals surface area contributed by atoms with Crippen LogP contribution in [0, 0.1) is 5.41 Å². The van der Waals surface area contributed by atoms with Gasteiger partial charge in [-0.05, 0) is 31.0 Å². The molecule has 1 spiro atoms. The molecule has 2 saturated heterocycles. The van der Waals surface area contributed by atoms with Gasteiger partial charge in [0.1, 0.15) is 10.8 Å². The molecule has 5 N–H and O–H groups in total. The molecule has 2 fully saturated rings. The number of hydrogen-bond donors (Lipinski definition) is 3. The van der Waals surface area contributed by atoms with Crippen LogP contribution < -0.4 is 16.4 Å². The van der Waals surface area contributed by atoms with Crippen molar-refractivity contribution in [3.63, 3.8) is 0 Å². The highest BCUT2D eigenvalue weighted by Crippen LogP contribution is 2.41. The summed E-state index contributed by atoms with van der Waals surface area (Å²) in [5.41, 5.74) is 13.8. The third-order valence-electron chi connectivity index (χ3n) is 5.74. The van der Waals surface area contributed by atoms with E-state index in [2.05, 4.69) is 14.9 Å². The fraction of sp³-hybridized carbons (Fsp3) is 0.474. The number of pyridine rings is 2. The van der Waals surface area contributed by atoms with Crippen LogP contribution in [0.4, 0.5) is 11.5 Å². The zero-order valence-corrected chi connectivity index (χ0v) is 17.0. The van der Waals surface area contributed by atoms with E-state index in [9.17, 15) is 5.11 Å². The van der Waals surface area contributed by atoms with Gasteiger partial charge in [-0.15, -0.1) is 0 Å². The lowest BCUT2D eigenvalue weighted by Gasteiger charge is -2.42. The molecule has 28 heavy (non-hydrogen) atoms. The Hall–Kier alpha value is -1.58. The molecule has 9 heteroatoms. The van der Waals surface area contributed by atoms with Gasteiger partial charge >= 0.3 is 0 Å². The first-order valence-electron chi connectivity index (χ1n) is 9.29. The molecule has 4 heterocycles. The smallest absolute Gasteiger partial charge is 0.143 e. The maximum Gasteiger partial charge on any atom is 0.143 e. The first-order chi connectivity index (χ1) is 13.5. The van der Waals surface area contributed by atoms with Crippen molar-refractivity contribution in [1.82, 2.24) is 9.97 Å². The molecule has 0 saturated carbocycles.